The fraction of sp³-hybridized carbons (Fsp3) is 0.620. The molecule has 24 heteroatoms. The lowest BCUT2D eigenvalue weighted by Crippen LogP contribution is -2.61. The van der Waals surface area contributed by atoms with E-state index in [1.807, 2.05) is 13.8 Å². The van der Waals surface area contributed by atoms with Gasteiger partial charge < -0.3 is 69.7 Å². The van der Waals surface area contributed by atoms with Crippen molar-refractivity contribution in [3.63, 3.8) is 0 Å². The van der Waals surface area contributed by atoms with E-state index in [9.17, 15) is 57.8 Å². The average molecular weight is 1040 g/mol. The van der Waals surface area contributed by atoms with Gasteiger partial charge in [-0.1, -0.05) is 52.3 Å². The summed E-state index contributed by atoms with van der Waals surface area (Å²) in [6, 6.07) is -3.17. The molecule has 1 aromatic carbocycles. The van der Waals surface area contributed by atoms with Crippen LogP contribution in [0.2, 0.25) is 0 Å². The topological polar surface area (TPSA) is 386 Å². The van der Waals surface area contributed by atoms with Crippen molar-refractivity contribution in [2.75, 3.05) is 26.2 Å². The fourth-order valence-corrected chi connectivity index (χ4v) is 8.67. The summed E-state index contributed by atoms with van der Waals surface area (Å²) in [4.78, 5) is 148. The molecule has 3 rings (SSSR count). The number of nitrogens with one attached hydrogen (secondary N) is 8. The van der Waals surface area contributed by atoms with E-state index >= 15 is 0 Å². The van der Waals surface area contributed by atoms with Gasteiger partial charge >= 0.3 is 0 Å². The summed E-state index contributed by atoms with van der Waals surface area (Å²) >= 11 is 0. The molecule has 0 bridgehead atoms. The first-order valence-electron chi connectivity index (χ1n) is 25.4. The molecule has 410 valence electrons. The molecule has 74 heavy (non-hydrogen) atoms. The smallest absolute Gasteiger partial charge is 0.245 e. The van der Waals surface area contributed by atoms with Gasteiger partial charge in [0.25, 0.3) is 0 Å². The van der Waals surface area contributed by atoms with Crippen molar-refractivity contribution in [2.45, 2.75) is 153 Å². The van der Waals surface area contributed by atoms with Gasteiger partial charge in [0.05, 0.1) is 18.9 Å². The second kappa shape index (κ2) is 30.8. The zero-order chi connectivity index (χ0) is 55.1. The SMILES string of the molecule is C=CCCC[C@H](NC(=O)[C@H](CC(N)=O)NC(=O)[C@H](CCC(N)=O)NC(=O)[C@@H](NC(=O)[C@H](Cc1ccc(O)cc1)NC(=O)[C@@H]1CCCNC1)[C@@H](C)CC)C(=O)N1CCC[C@H]1C(=O)N[C@@H](CC(C)C)C(=O)NCC(N)=O. The average Bonchev–Trinajstić information content (AvgIpc) is 3.85. The van der Waals surface area contributed by atoms with E-state index in [1.54, 1.807) is 32.1 Å². The predicted molar refractivity (Wildman–Crippen MR) is 271 cm³/mol. The molecule has 0 aromatic heterocycles. The molecule has 2 heterocycles. The summed E-state index contributed by atoms with van der Waals surface area (Å²) in [5, 5.41) is 31.3. The third kappa shape index (κ3) is 20.4. The summed E-state index contributed by atoms with van der Waals surface area (Å²) in [6.07, 6.45) is 3.32. The first-order chi connectivity index (χ1) is 35.0. The maximum Gasteiger partial charge on any atom is 0.245 e. The van der Waals surface area contributed by atoms with Gasteiger partial charge in [-0.2, -0.15) is 0 Å². The summed E-state index contributed by atoms with van der Waals surface area (Å²) in [7, 11) is 0. The number of rotatable bonds is 31. The van der Waals surface area contributed by atoms with Crippen LogP contribution in [0.4, 0.5) is 0 Å². The third-order valence-corrected chi connectivity index (χ3v) is 13.0. The number of piperidine rings is 1. The third-order valence-electron chi connectivity index (χ3n) is 13.0. The molecule has 2 saturated heterocycles. The van der Waals surface area contributed by atoms with Crippen LogP contribution in [-0.2, 0) is 59.2 Å². The van der Waals surface area contributed by atoms with Gasteiger partial charge in [-0.25, -0.2) is 0 Å². The van der Waals surface area contributed by atoms with Crippen molar-refractivity contribution >= 4 is 65.0 Å². The number of phenolic OH excluding ortho intramolecular Hbond substituents is 1. The van der Waals surface area contributed by atoms with E-state index in [0.717, 1.165) is 13.0 Å². The van der Waals surface area contributed by atoms with Crippen LogP contribution >= 0.6 is 0 Å². The number of nitrogens with two attached hydrogens (primary N) is 3. The van der Waals surface area contributed by atoms with Crippen LogP contribution in [0.3, 0.4) is 0 Å². The van der Waals surface area contributed by atoms with Gasteiger partial charge in [0.2, 0.25) is 65.0 Å². The van der Waals surface area contributed by atoms with Crippen LogP contribution in [0, 0.1) is 17.8 Å². The zero-order valence-electron chi connectivity index (χ0n) is 43.0. The van der Waals surface area contributed by atoms with Crippen LogP contribution < -0.4 is 59.7 Å². The largest absolute Gasteiger partial charge is 0.508 e. The number of carbonyl (C=O) groups is 11. The van der Waals surface area contributed by atoms with Gasteiger partial charge in [0, 0.05) is 25.9 Å². The van der Waals surface area contributed by atoms with Crippen molar-refractivity contribution in [3.05, 3.63) is 42.5 Å². The van der Waals surface area contributed by atoms with E-state index in [4.69, 9.17) is 17.2 Å². The standard InChI is InChI=1S/C50H78N12O12/c1-6-8-9-13-34(50(74)62-22-11-14-38(62)48(72)60-35(23-28(3)4)44(68)55-27-41(53)66)57-46(70)37(25-40(52)65)59-45(69)33(19-20-39(51)64)56-49(73)42(29(5)7-2)61-47(71)36(24-30-15-17-32(63)18-16-30)58-43(67)31-12-10-21-54-26-31/h6,15-18,28-29,31,33-38,42,54,63H,1,7-14,19-27H2,2-5H3,(H2,51,64)(H2,52,65)(H2,53,66)(H,55,68)(H,56,73)(H,57,70)(H,58,67)(H,59,69)(H,60,72)(H,61,71)/t29-,31+,33-,34-,35-,36-,37-,38-,42-/m0/s1. The number of primary amides is 3. The maximum absolute atomic E-state index is 14.3. The normalized spacial score (nSPS) is 18.1. The number of aromatic hydroxyl groups is 1. The number of allylic oxidation sites excluding steroid dienone is 1. The van der Waals surface area contributed by atoms with Crippen molar-refractivity contribution in [3.8, 4) is 5.75 Å². The molecule has 15 N–H and O–H groups in total. The van der Waals surface area contributed by atoms with E-state index in [0.29, 0.717) is 44.2 Å². The predicted octanol–water partition coefficient (Wildman–Crippen LogP) is -1.98. The summed E-state index contributed by atoms with van der Waals surface area (Å²) in [5.41, 5.74) is 16.8. The van der Waals surface area contributed by atoms with E-state index in [-0.39, 0.29) is 56.2 Å². The highest BCUT2D eigenvalue weighted by Crippen LogP contribution is 2.22. The lowest BCUT2D eigenvalue weighted by molar-refractivity contribution is -0.143. The highest BCUT2D eigenvalue weighted by Gasteiger charge is 2.40. The van der Waals surface area contributed by atoms with Gasteiger partial charge in [0.1, 0.15) is 48.0 Å². The Kier molecular flexibility index (Phi) is 25.5. The summed E-state index contributed by atoms with van der Waals surface area (Å²) < 4.78 is 0. The molecule has 2 aliphatic heterocycles. The zero-order valence-corrected chi connectivity index (χ0v) is 43.0. The molecule has 0 unspecified atom stereocenters. The monoisotopic (exact) mass is 1040 g/mol. The number of carbonyl (C=O) groups excluding carboxylic acids is 11. The molecule has 0 radical (unpaired) electrons. The second-order valence-corrected chi connectivity index (χ2v) is 19.5. The van der Waals surface area contributed by atoms with E-state index in [1.165, 1.54) is 17.0 Å². The number of unbranched alkanes of at least 4 members (excludes halogenated alkanes) is 1. The number of likely N-dealkylation sites (tertiary alicyclic amines) is 1. The molecule has 0 spiro atoms. The Morgan fingerprint density at radius 3 is 1.96 bits per heavy atom. The highest BCUT2D eigenvalue weighted by atomic mass is 16.3. The Labute approximate surface area is 432 Å². The molecule has 1 aromatic rings. The molecular weight excluding hydrogens is 961 g/mol. The number of nitrogens with zero attached hydrogens (tertiary/aromatic N) is 1. The lowest BCUT2D eigenvalue weighted by atomic mass is 9.95. The maximum atomic E-state index is 14.3. The quantitative estimate of drug-likeness (QED) is 0.0284. The molecule has 0 saturated carbocycles. The second-order valence-electron chi connectivity index (χ2n) is 19.5. The molecular formula is C50H78N12O12. The number of phenols is 1. The Balaban J connectivity index is 1.87. The van der Waals surface area contributed by atoms with E-state index in [2.05, 4.69) is 49.1 Å². The Hall–Kier alpha value is -7.11. The van der Waals surface area contributed by atoms with Crippen LogP contribution in [0.5, 0.6) is 5.75 Å². The Morgan fingerprint density at radius 1 is 0.730 bits per heavy atom. The van der Waals surface area contributed by atoms with E-state index < -0.39 is 133 Å². The molecule has 9 atom stereocenters. The minimum atomic E-state index is -1.73. The van der Waals surface area contributed by atoms with Gasteiger partial charge in [-0.05, 0) is 93.9 Å². The summed E-state index contributed by atoms with van der Waals surface area (Å²) in [5.74, 6) is -9.65. The first kappa shape index (κ1) is 61.2. The highest BCUT2D eigenvalue weighted by molar-refractivity contribution is 5.99. The van der Waals surface area contributed by atoms with Gasteiger partial charge in [-0.3, -0.25) is 52.7 Å². The number of amides is 11. The Bertz CT molecular complexity index is 2150. The number of hydrogen-bond donors (Lipinski definition) is 12. The molecule has 24 nitrogen and oxygen atoms in total. The van der Waals surface area contributed by atoms with Crippen LogP contribution in [0.25, 0.3) is 0 Å². The van der Waals surface area contributed by atoms with Crippen molar-refractivity contribution in [1.29, 1.82) is 0 Å². The van der Waals surface area contributed by atoms with Gasteiger partial charge in [0.15, 0.2) is 0 Å². The van der Waals surface area contributed by atoms with Crippen molar-refractivity contribution < 1.29 is 57.8 Å². The van der Waals surface area contributed by atoms with Crippen molar-refractivity contribution in [1.82, 2.24) is 47.4 Å². The molecule has 2 aliphatic rings. The molecule has 11 amide bonds. The van der Waals surface area contributed by atoms with Crippen LogP contribution in [0.1, 0.15) is 110 Å². The minimum Gasteiger partial charge on any atom is -0.508 e. The minimum absolute atomic E-state index is 0.00574. The molecule has 0 aliphatic carbocycles. The summed E-state index contributed by atoms with van der Waals surface area (Å²) in [6.45, 7) is 11.6. The van der Waals surface area contributed by atoms with Gasteiger partial charge in [-0.15, -0.1) is 6.58 Å². The number of hydrogen-bond acceptors (Lipinski definition) is 13. The van der Waals surface area contributed by atoms with Crippen LogP contribution in [-0.4, -0.2) is 143 Å². The Morgan fingerprint density at radius 2 is 1.36 bits per heavy atom. The van der Waals surface area contributed by atoms with Crippen LogP contribution in [0.15, 0.2) is 36.9 Å². The first-order valence-corrected chi connectivity index (χ1v) is 25.4. The molecule has 2 fully saturated rings. The lowest BCUT2D eigenvalue weighted by Gasteiger charge is -2.31. The van der Waals surface area contributed by atoms with Crippen molar-refractivity contribution in [2.24, 2.45) is 35.0 Å². The number of benzene rings is 1. The fourth-order valence-electron chi connectivity index (χ4n) is 8.67.